The molecule has 0 unspecified atom stereocenters. The first-order valence-electron chi connectivity index (χ1n) is 8.19. The first-order chi connectivity index (χ1) is 10.8. The van der Waals surface area contributed by atoms with Crippen molar-refractivity contribution in [2.24, 2.45) is 0 Å². The van der Waals surface area contributed by atoms with Crippen LogP contribution in [0.4, 0.5) is 0 Å². The van der Waals surface area contributed by atoms with Gasteiger partial charge >= 0.3 is 0 Å². The molecule has 0 bridgehead atoms. The second-order valence-electron chi connectivity index (χ2n) is 5.70. The van der Waals surface area contributed by atoms with Gasteiger partial charge in [0.15, 0.2) is 11.5 Å². The Balaban J connectivity index is 2.12. The molecule has 2 aromatic rings. The van der Waals surface area contributed by atoms with Crippen molar-refractivity contribution in [1.29, 1.82) is 0 Å². The van der Waals surface area contributed by atoms with Crippen molar-refractivity contribution in [2.45, 2.75) is 45.6 Å². The molecule has 2 heterocycles. The molecule has 120 valence electrons. The molecular weight excluding hydrogens is 280 g/mol. The Kier molecular flexibility index (Phi) is 4.52. The smallest absolute Gasteiger partial charge is 0.163 e. The van der Waals surface area contributed by atoms with Crippen molar-refractivity contribution >= 4 is 11.0 Å². The molecule has 0 radical (unpaired) electrons. The summed E-state index contributed by atoms with van der Waals surface area (Å²) >= 11 is 0. The van der Waals surface area contributed by atoms with E-state index in [-0.39, 0.29) is 6.61 Å². The molecule has 1 aromatic carbocycles. The summed E-state index contributed by atoms with van der Waals surface area (Å²) in [5.41, 5.74) is 2.02. The minimum atomic E-state index is 0.187. The Morgan fingerprint density at radius 1 is 1.18 bits per heavy atom. The summed E-state index contributed by atoms with van der Waals surface area (Å²) in [6, 6.07) is 4.01. The summed E-state index contributed by atoms with van der Waals surface area (Å²) in [5, 5.41) is 9.19. The third-order valence-corrected chi connectivity index (χ3v) is 4.33. The monoisotopic (exact) mass is 304 g/mol. The third-order valence-electron chi connectivity index (χ3n) is 4.33. The Morgan fingerprint density at radius 2 is 1.86 bits per heavy atom. The molecule has 0 saturated carbocycles. The minimum absolute atomic E-state index is 0.187. The van der Waals surface area contributed by atoms with Crippen molar-refractivity contribution in [3.05, 3.63) is 18.0 Å². The van der Waals surface area contributed by atoms with Crippen LogP contribution in [0.5, 0.6) is 11.5 Å². The number of aromatic nitrogens is 2. The first kappa shape index (κ1) is 15.2. The fourth-order valence-electron chi connectivity index (χ4n) is 3.11. The van der Waals surface area contributed by atoms with Gasteiger partial charge in [-0.2, -0.15) is 0 Å². The lowest BCUT2D eigenvalue weighted by molar-refractivity contribution is 0.172. The Hall–Kier alpha value is -1.75. The van der Waals surface area contributed by atoms with E-state index in [0.29, 0.717) is 19.1 Å². The number of rotatable bonds is 6. The van der Waals surface area contributed by atoms with Crippen LogP contribution >= 0.6 is 0 Å². The van der Waals surface area contributed by atoms with Crippen molar-refractivity contribution in [2.75, 3.05) is 19.8 Å². The summed E-state index contributed by atoms with van der Waals surface area (Å²) < 4.78 is 13.6. The van der Waals surface area contributed by atoms with E-state index in [4.69, 9.17) is 14.5 Å². The van der Waals surface area contributed by atoms with Gasteiger partial charge in [0.2, 0.25) is 0 Å². The summed E-state index contributed by atoms with van der Waals surface area (Å²) in [6.07, 6.45) is 2.85. The van der Waals surface area contributed by atoms with Crippen LogP contribution in [-0.4, -0.2) is 34.5 Å². The topological polar surface area (TPSA) is 56.5 Å². The average Bonchev–Trinajstić information content (AvgIpc) is 2.89. The number of hydrogen-bond donors (Lipinski definition) is 1. The van der Waals surface area contributed by atoms with Gasteiger partial charge in [0.05, 0.1) is 11.0 Å². The van der Waals surface area contributed by atoms with Crippen molar-refractivity contribution in [1.82, 2.24) is 9.55 Å². The maximum absolute atomic E-state index is 9.19. The molecule has 3 rings (SSSR count). The summed E-state index contributed by atoms with van der Waals surface area (Å²) in [6.45, 7) is 6.53. The molecule has 0 saturated heterocycles. The van der Waals surface area contributed by atoms with Gasteiger partial charge < -0.3 is 19.1 Å². The average molecular weight is 304 g/mol. The van der Waals surface area contributed by atoms with E-state index in [2.05, 4.69) is 18.4 Å². The van der Waals surface area contributed by atoms with E-state index in [1.54, 1.807) is 0 Å². The fourth-order valence-corrected chi connectivity index (χ4v) is 3.11. The van der Waals surface area contributed by atoms with Gasteiger partial charge in [-0.1, -0.05) is 13.8 Å². The Bertz CT molecular complexity index is 647. The van der Waals surface area contributed by atoms with E-state index < -0.39 is 0 Å². The number of nitrogens with zero attached hydrogens (tertiary/aromatic N) is 2. The highest BCUT2D eigenvalue weighted by Crippen LogP contribution is 2.36. The van der Waals surface area contributed by atoms with Gasteiger partial charge in [0.25, 0.3) is 0 Å². The van der Waals surface area contributed by atoms with E-state index in [1.807, 2.05) is 12.1 Å². The molecule has 0 spiro atoms. The van der Waals surface area contributed by atoms with Gasteiger partial charge in [-0.15, -0.1) is 0 Å². The molecule has 1 aromatic heterocycles. The normalized spacial score (nSPS) is 14.0. The second-order valence-corrected chi connectivity index (χ2v) is 5.70. The van der Waals surface area contributed by atoms with Crippen LogP contribution in [0, 0.1) is 0 Å². The highest BCUT2D eigenvalue weighted by atomic mass is 16.6. The number of fused-ring (bicyclic) bond motifs is 2. The number of aliphatic hydroxyl groups excluding tert-OH is 1. The number of aryl methyl sites for hydroxylation is 1. The minimum Gasteiger partial charge on any atom is -0.486 e. The predicted octanol–water partition coefficient (Wildman–Crippen LogP) is 3.09. The van der Waals surface area contributed by atoms with Crippen molar-refractivity contribution < 1.29 is 14.6 Å². The van der Waals surface area contributed by atoms with Crippen LogP contribution in [-0.2, 0) is 6.54 Å². The predicted molar refractivity (Wildman–Crippen MR) is 85.7 cm³/mol. The van der Waals surface area contributed by atoms with Crippen LogP contribution in [0.1, 0.15) is 44.9 Å². The molecule has 1 N–H and O–H groups in total. The van der Waals surface area contributed by atoms with E-state index in [1.165, 1.54) is 0 Å². The largest absolute Gasteiger partial charge is 0.486 e. The van der Waals surface area contributed by atoms with Crippen molar-refractivity contribution in [3.8, 4) is 11.5 Å². The summed E-state index contributed by atoms with van der Waals surface area (Å²) in [4.78, 5) is 4.86. The molecule has 0 amide bonds. The van der Waals surface area contributed by atoms with Gasteiger partial charge in [-0.3, -0.25) is 0 Å². The van der Waals surface area contributed by atoms with Gasteiger partial charge in [0, 0.05) is 31.2 Å². The number of hydrogen-bond acceptors (Lipinski definition) is 4. The zero-order valence-electron chi connectivity index (χ0n) is 13.3. The fraction of sp³-hybridized carbons (Fsp3) is 0.588. The van der Waals surface area contributed by atoms with Crippen LogP contribution in [0.3, 0.4) is 0 Å². The summed E-state index contributed by atoms with van der Waals surface area (Å²) in [5.74, 6) is 3.11. The number of aliphatic hydroxyl groups is 1. The molecule has 5 heteroatoms. The lowest BCUT2D eigenvalue weighted by Crippen LogP contribution is -2.15. The van der Waals surface area contributed by atoms with E-state index >= 15 is 0 Å². The van der Waals surface area contributed by atoms with Crippen LogP contribution in [0.25, 0.3) is 11.0 Å². The molecule has 1 aliphatic rings. The number of benzene rings is 1. The Labute approximate surface area is 130 Å². The number of imidazole rings is 1. The van der Waals surface area contributed by atoms with Gasteiger partial charge in [-0.05, 0) is 19.3 Å². The maximum Gasteiger partial charge on any atom is 0.163 e. The lowest BCUT2D eigenvalue weighted by Gasteiger charge is -2.18. The Morgan fingerprint density at radius 3 is 2.50 bits per heavy atom. The highest BCUT2D eigenvalue weighted by Gasteiger charge is 2.21. The van der Waals surface area contributed by atoms with Crippen LogP contribution in [0.15, 0.2) is 12.1 Å². The number of ether oxygens (including phenoxy) is 2. The molecule has 5 nitrogen and oxygen atoms in total. The van der Waals surface area contributed by atoms with E-state index in [0.717, 1.165) is 54.2 Å². The second kappa shape index (κ2) is 6.57. The standard InChI is InChI=1S/C17H24N2O3/c1-3-12(4-2)17-18-13-10-15-16(22-9-8-21-15)11-14(13)19(17)6-5-7-20/h10-12,20H,3-9H2,1-2H3. The van der Waals surface area contributed by atoms with Crippen LogP contribution in [0.2, 0.25) is 0 Å². The quantitative estimate of drug-likeness (QED) is 0.891. The zero-order chi connectivity index (χ0) is 15.5. The lowest BCUT2D eigenvalue weighted by atomic mass is 10.0. The molecule has 0 aliphatic carbocycles. The third kappa shape index (κ3) is 2.65. The first-order valence-corrected chi connectivity index (χ1v) is 8.19. The summed E-state index contributed by atoms with van der Waals surface area (Å²) in [7, 11) is 0. The van der Waals surface area contributed by atoms with Crippen molar-refractivity contribution in [3.63, 3.8) is 0 Å². The molecular formula is C17H24N2O3. The molecule has 1 aliphatic heterocycles. The van der Waals surface area contributed by atoms with Gasteiger partial charge in [-0.25, -0.2) is 4.98 Å². The van der Waals surface area contributed by atoms with E-state index in [9.17, 15) is 5.11 Å². The maximum atomic E-state index is 9.19. The van der Waals surface area contributed by atoms with Gasteiger partial charge in [0.1, 0.15) is 19.0 Å². The van der Waals surface area contributed by atoms with Crippen LogP contribution < -0.4 is 9.47 Å². The highest BCUT2D eigenvalue weighted by molar-refractivity contribution is 5.81. The molecule has 0 fully saturated rings. The molecule has 22 heavy (non-hydrogen) atoms. The zero-order valence-corrected chi connectivity index (χ0v) is 13.3. The molecule has 0 atom stereocenters. The SMILES string of the molecule is CCC(CC)c1nc2cc3c(cc2n1CCCO)OCCO3.